The summed E-state index contributed by atoms with van der Waals surface area (Å²) in [6.07, 6.45) is 1.39. The molecular weight excluding hydrogens is 266 g/mol. The summed E-state index contributed by atoms with van der Waals surface area (Å²) in [6, 6.07) is 6.86. The number of non-ortho nitro benzene ring substituents is 1. The van der Waals surface area contributed by atoms with Gasteiger partial charge in [-0.15, -0.1) is 0 Å². The van der Waals surface area contributed by atoms with Gasteiger partial charge in [0, 0.05) is 18.2 Å². The summed E-state index contributed by atoms with van der Waals surface area (Å²) in [4.78, 5) is 36.3. The van der Waals surface area contributed by atoms with Crippen molar-refractivity contribution >= 4 is 17.7 Å². The topological polar surface area (TPSA) is 133 Å². The average molecular weight is 275 g/mol. The highest BCUT2D eigenvalue weighted by Crippen LogP contribution is 2.10. The predicted molar refractivity (Wildman–Crippen MR) is 72.0 cm³/mol. The minimum Gasteiger partial charge on any atom is -0.292 e. The fourth-order valence-electron chi connectivity index (χ4n) is 1.39. The van der Waals surface area contributed by atoms with Crippen molar-refractivity contribution < 1.29 is 4.92 Å². The van der Waals surface area contributed by atoms with Crippen LogP contribution in [0.2, 0.25) is 0 Å². The number of nitro benzene ring substituents is 1. The first kappa shape index (κ1) is 13.2. The monoisotopic (exact) mass is 275 g/mol. The van der Waals surface area contributed by atoms with Crippen LogP contribution in [0.15, 0.2) is 45.0 Å². The summed E-state index contributed by atoms with van der Waals surface area (Å²) >= 11 is 0. The zero-order valence-electron chi connectivity index (χ0n) is 9.99. The molecule has 0 spiro atoms. The predicted octanol–water partition coefficient (Wildman–Crippen LogP) is 0.417. The number of hydrogen-bond donors (Lipinski definition) is 3. The van der Waals surface area contributed by atoms with Crippen LogP contribution in [0.25, 0.3) is 0 Å². The van der Waals surface area contributed by atoms with Crippen LogP contribution in [0.3, 0.4) is 0 Å². The number of hydrogen-bond acceptors (Lipinski definition) is 6. The van der Waals surface area contributed by atoms with Crippen LogP contribution in [0, 0.1) is 10.1 Å². The van der Waals surface area contributed by atoms with Crippen molar-refractivity contribution in [1.29, 1.82) is 0 Å². The van der Waals surface area contributed by atoms with Gasteiger partial charge in [0.25, 0.3) is 11.2 Å². The summed E-state index contributed by atoms with van der Waals surface area (Å²) in [5.41, 5.74) is 1.87. The SMILES string of the molecule is O=c1cc(NN=Cc2ccc([N+](=O)[O-])cc2)[nH]c(=O)[nH]1. The van der Waals surface area contributed by atoms with Crippen LogP contribution >= 0.6 is 0 Å². The fraction of sp³-hybridized carbons (Fsp3) is 0. The third-order valence-electron chi connectivity index (χ3n) is 2.26. The molecule has 0 radical (unpaired) electrons. The Morgan fingerprint density at radius 2 is 1.90 bits per heavy atom. The molecule has 0 aliphatic heterocycles. The van der Waals surface area contributed by atoms with Crippen molar-refractivity contribution in [2.24, 2.45) is 5.10 Å². The van der Waals surface area contributed by atoms with E-state index >= 15 is 0 Å². The van der Waals surface area contributed by atoms with Crippen LogP contribution in [-0.4, -0.2) is 21.1 Å². The maximum absolute atomic E-state index is 11.0. The number of aromatic nitrogens is 2. The van der Waals surface area contributed by atoms with Crippen molar-refractivity contribution in [3.05, 3.63) is 66.8 Å². The van der Waals surface area contributed by atoms with Crippen molar-refractivity contribution in [3.63, 3.8) is 0 Å². The number of nitrogens with one attached hydrogen (secondary N) is 3. The molecule has 3 N–H and O–H groups in total. The van der Waals surface area contributed by atoms with Gasteiger partial charge >= 0.3 is 5.69 Å². The van der Waals surface area contributed by atoms with E-state index in [1.165, 1.54) is 30.5 Å². The van der Waals surface area contributed by atoms with Gasteiger partial charge < -0.3 is 0 Å². The highest BCUT2D eigenvalue weighted by atomic mass is 16.6. The molecule has 0 bridgehead atoms. The smallest absolute Gasteiger partial charge is 0.292 e. The molecule has 0 atom stereocenters. The Balaban J connectivity index is 2.08. The molecule has 0 aliphatic carbocycles. The minimum absolute atomic E-state index is 0.0194. The molecule has 9 heteroatoms. The quantitative estimate of drug-likeness (QED) is 0.422. The van der Waals surface area contributed by atoms with E-state index in [0.29, 0.717) is 5.56 Å². The van der Waals surface area contributed by atoms with E-state index in [4.69, 9.17) is 0 Å². The van der Waals surface area contributed by atoms with Crippen molar-refractivity contribution in [1.82, 2.24) is 9.97 Å². The number of nitrogens with zero attached hydrogens (tertiary/aromatic N) is 2. The second kappa shape index (κ2) is 5.61. The number of nitro groups is 1. The van der Waals surface area contributed by atoms with Gasteiger partial charge in [-0.05, 0) is 17.7 Å². The highest BCUT2D eigenvalue weighted by Gasteiger charge is 2.02. The van der Waals surface area contributed by atoms with Crippen LogP contribution in [0.4, 0.5) is 11.5 Å². The lowest BCUT2D eigenvalue weighted by Gasteiger charge is -1.98. The third kappa shape index (κ3) is 3.38. The Hall–Kier alpha value is -3.23. The standard InChI is InChI=1S/C11H9N5O4/c17-10-5-9(13-11(18)14-10)15-12-6-7-1-3-8(4-2-7)16(19)20/h1-6H,(H3,13,14,15,17,18). The van der Waals surface area contributed by atoms with E-state index in [0.717, 1.165) is 6.07 Å². The molecule has 0 aliphatic rings. The summed E-state index contributed by atoms with van der Waals surface area (Å²) in [5.74, 6) is 0.136. The molecule has 1 aromatic carbocycles. The first-order chi connectivity index (χ1) is 9.54. The average Bonchev–Trinajstić information content (AvgIpc) is 2.38. The van der Waals surface area contributed by atoms with E-state index in [1.54, 1.807) is 0 Å². The van der Waals surface area contributed by atoms with Gasteiger partial charge in [0.15, 0.2) is 0 Å². The van der Waals surface area contributed by atoms with Crippen LogP contribution in [0.5, 0.6) is 0 Å². The summed E-state index contributed by atoms with van der Waals surface area (Å²) in [5, 5.41) is 14.3. The number of anilines is 1. The highest BCUT2D eigenvalue weighted by molar-refractivity contribution is 5.80. The van der Waals surface area contributed by atoms with E-state index in [2.05, 4.69) is 15.5 Å². The normalized spacial score (nSPS) is 10.6. The molecule has 2 aromatic rings. The molecule has 2 rings (SSSR count). The second-order valence-electron chi connectivity index (χ2n) is 3.72. The number of hydrazone groups is 1. The van der Waals surface area contributed by atoms with Gasteiger partial charge in [0.1, 0.15) is 5.82 Å². The van der Waals surface area contributed by atoms with Crippen LogP contribution in [-0.2, 0) is 0 Å². The molecule has 1 aromatic heterocycles. The maximum Gasteiger partial charge on any atom is 0.327 e. The molecule has 20 heavy (non-hydrogen) atoms. The van der Waals surface area contributed by atoms with Gasteiger partial charge in [-0.25, -0.2) is 4.79 Å². The molecular formula is C11H9N5O4. The van der Waals surface area contributed by atoms with E-state index in [9.17, 15) is 19.7 Å². The van der Waals surface area contributed by atoms with E-state index in [-0.39, 0.29) is 11.5 Å². The molecule has 0 fully saturated rings. The molecule has 9 nitrogen and oxygen atoms in total. The lowest BCUT2D eigenvalue weighted by Crippen LogP contribution is -2.22. The minimum atomic E-state index is -0.648. The number of aromatic amines is 2. The van der Waals surface area contributed by atoms with Crippen LogP contribution < -0.4 is 16.7 Å². The zero-order valence-corrected chi connectivity index (χ0v) is 9.99. The maximum atomic E-state index is 11.0. The molecule has 0 saturated carbocycles. The van der Waals surface area contributed by atoms with Gasteiger partial charge in [0.05, 0.1) is 11.1 Å². The molecule has 1 heterocycles. The Morgan fingerprint density at radius 1 is 1.20 bits per heavy atom. The summed E-state index contributed by atoms with van der Waals surface area (Å²) in [7, 11) is 0. The number of rotatable bonds is 4. The first-order valence-electron chi connectivity index (χ1n) is 5.42. The Bertz CT molecular complexity index is 731. The van der Waals surface area contributed by atoms with Crippen molar-refractivity contribution in [2.75, 3.05) is 5.43 Å². The van der Waals surface area contributed by atoms with E-state index in [1.807, 2.05) is 4.98 Å². The largest absolute Gasteiger partial charge is 0.327 e. The molecule has 0 amide bonds. The molecule has 0 unspecified atom stereocenters. The zero-order chi connectivity index (χ0) is 14.5. The Kier molecular flexibility index (Phi) is 3.70. The fourth-order valence-corrected chi connectivity index (χ4v) is 1.39. The van der Waals surface area contributed by atoms with E-state index < -0.39 is 16.2 Å². The third-order valence-corrected chi connectivity index (χ3v) is 2.26. The second-order valence-corrected chi connectivity index (χ2v) is 3.72. The van der Waals surface area contributed by atoms with Gasteiger partial charge in [0.2, 0.25) is 0 Å². The number of H-pyrrole nitrogens is 2. The summed E-state index contributed by atoms with van der Waals surface area (Å²) < 4.78 is 0. The molecule has 0 saturated heterocycles. The lowest BCUT2D eigenvalue weighted by molar-refractivity contribution is -0.384. The Labute approximate surface area is 111 Å². The van der Waals surface area contributed by atoms with Gasteiger partial charge in [-0.2, -0.15) is 5.10 Å². The molecule has 102 valence electrons. The van der Waals surface area contributed by atoms with Crippen molar-refractivity contribution in [2.45, 2.75) is 0 Å². The van der Waals surface area contributed by atoms with Gasteiger partial charge in [-0.1, -0.05) is 0 Å². The van der Waals surface area contributed by atoms with Gasteiger partial charge in [-0.3, -0.25) is 30.3 Å². The first-order valence-corrected chi connectivity index (χ1v) is 5.42. The lowest BCUT2D eigenvalue weighted by atomic mass is 10.2. The summed E-state index contributed by atoms with van der Waals surface area (Å²) in [6.45, 7) is 0. The number of benzene rings is 1. The van der Waals surface area contributed by atoms with Crippen LogP contribution in [0.1, 0.15) is 5.56 Å². The Morgan fingerprint density at radius 3 is 2.50 bits per heavy atom. The van der Waals surface area contributed by atoms with Crippen molar-refractivity contribution in [3.8, 4) is 0 Å².